The highest BCUT2D eigenvalue weighted by Gasteiger charge is 2.39. The number of halogens is 1. The van der Waals surface area contributed by atoms with Crippen molar-refractivity contribution in [3.63, 3.8) is 0 Å². The largest absolute Gasteiger partial charge is 0.481 e. The number of nitrogens with one attached hydrogen (secondary N) is 2. The van der Waals surface area contributed by atoms with Crippen molar-refractivity contribution in [2.75, 3.05) is 19.8 Å². The number of benzene rings is 2. The van der Waals surface area contributed by atoms with E-state index in [1.807, 2.05) is 24.3 Å². The molecule has 4 atom stereocenters. The lowest BCUT2D eigenvalue weighted by molar-refractivity contribution is -0.237. The Morgan fingerprint density at radius 3 is 2.43 bits per heavy atom. The van der Waals surface area contributed by atoms with Gasteiger partial charge in [0.25, 0.3) is 0 Å². The highest BCUT2D eigenvalue weighted by atomic mass is 35.5. The molecule has 1 saturated heterocycles. The molecule has 0 bridgehead atoms. The van der Waals surface area contributed by atoms with E-state index in [1.165, 1.54) is 38.5 Å². The van der Waals surface area contributed by atoms with Crippen LogP contribution >= 0.6 is 11.6 Å². The van der Waals surface area contributed by atoms with E-state index in [1.54, 1.807) is 24.3 Å². The number of carbonyl (C=O) groups is 3. The quantitative estimate of drug-likeness (QED) is 0.205. The number of rotatable bonds is 15. The van der Waals surface area contributed by atoms with Crippen LogP contribution in [-0.2, 0) is 36.7 Å². The van der Waals surface area contributed by atoms with E-state index in [0.717, 1.165) is 29.9 Å². The molecule has 0 spiro atoms. The first-order valence-corrected chi connectivity index (χ1v) is 16.2. The first-order chi connectivity index (χ1) is 21.4. The monoisotopic (exact) mass is 628 g/mol. The number of hydrogen-bond donors (Lipinski definition) is 4. The maximum absolute atomic E-state index is 13.7. The lowest BCUT2D eigenvalue weighted by Crippen LogP contribution is -2.55. The van der Waals surface area contributed by atoms with Crippen molar-refractivity contribution in [1.29, 1.82) is 0 Å². The number of aliphatic carboxylic acids is 1. The minimum Gasteiger partial charge on any atom is -0.481 e. The van der Waals surface area contributed by atoms with Crippen LogP contribution < -0.4 is 10.6 Å². The third-order valence-electron chi connectivity index (χ3n) is 8.66. The first kappa shape index (κ1) is 33.9. The zero-order chi connectivity index (χ0) is 31.3. The average molecular weight is 629 g/mol. The highest BCUT2D eigenvalue weighted by molar-refractivity contribution is 6.31. The molecule has 9 nitrogen and oxygen atoms in total. The fourth-order valence-corrected chi connectivity index (χ4v) is 6.42. The summed E-state index contributed by atoms with van der Waals surface area (Å²) in [6.07, 6.45) is 8.42. The Bertz CT molecular complexity index is 1240. The molecule has 0 aromatic heterocycles. The molecule has 2 aromatic carbocycles. The normalized spacial score (nSPS) is 21.4. The van der Waals surface area contributed by atoms with Crippen LogP contribution in [0.1, 0.15) is 80.8 Å². The smallest absolute Gasteiger partial charge is 0.303 e. The maximum Gasteiger partial charge on any atom is 0.303 e. The highest BCUT2D eigenvalue weighted by Crippen LogP contribution is 2.35. The lowest BCUT2D eigenvalue weighted by Gasteiger charge is -2.37. The van der Waals surface area contributed by atoms with Crippen molar-refractivity contribution in [3.8, 4) is 0 Å². The van der Waals surface area contributed by atoms with Gasteiger partial charge in [-0.15, -0.1) is 0 Å². The molecule has 2 aromatic rings. The molecule has 240 valence electrons. The summed E-state index contributed by atoms with van der Waals surface area (Å²) in [7, 11) is 0. The van der Waals surface area contributed by atoms with Crippen LogP contribution in [0, 0.1) is 11.8 Å². The van der Waals surface area contributed by atoms with E-state index >= 15 is 0 Å². The SMILES string of the molecule is O=C(O)CCc1ccccc1C[C@H]1CO[C@@H](c2ccccc2Cl)O[C@H]1C(=O)NC(CO)C(=O)NCCCCC1CCCCC1. The molecule has 0 radical (unpaired) electrons. The van der Waals surface area contributed by atoms with Crippen LogP contribution in [0.3, 0.4) is 0 Å². The third kappa shape index (κ3) is 10.0. The lowest BCUT2D eigenvalue weighted by atomic mass is 9.86. The Morgan fingerprint density at radius 2 is 1.70 bits per heavy atom. The average Bonchev–Trinajstić information content (AvgIpc) is 3.03. The van der Waals surface area contributed by atoms with E-state index in [-0.39, 0.29) is 13.0 Å². The van der Waals surface area contributed by atoms with Crippen molar-refractivity contribution >= 4 is 29.4 Å². The minimum atomic E-state index is -1.13. The maximum atomic E-state index is 13.7. The number of aliphatic hydroxyl groups excluding tert-OH is 1. The number of hydrogen-bond acceptors (Lipinski definition) is 6. The second kappa shape index (κ2) is 17.5. The van der Waals surface area contributed by atoms with Gasteiger partial charge in [-0.3, -0.25) is 14.4 Å². The number of carboxylic acids is 1. The van der Waals surface area contributed by atoms with Gasteiger partial charge in [-0.05, 0) is 42.4 Å². The van der Waals surface area contributed by atoms with Gasteiger partial charge >= 0.3 is 5.97 Å². The van der Waals surface area contributed by atoms with Crippen LogP contribution in [0.25, 0.3) is 0 Å². The van der Waals surface area contributed by atoms with E-state index in [0.29, 0.717) is 30.0 Å². The van der Waals surface area contributed by atoms with Crippen LogP contribution in [0.4, 0.5) is 0 Å². The second-order valence-corrected chi connectivity index (χ2v) is 12.3. The number of aryl methyl sites for hydroxylation is 1. The predicted molar refractivity (Wildman–Crippen MR) is 167 cm³/mol. The molecule has 2 fully saturated rings. The summed E-state index contributed by atoms with van der Waals surface area (Å²) in [4.78, 5) is 37.8. The topological polar surface area (TPSA) is 134 Å². The first-order valence-electron chi connectivity index (χ1n) is 15.8. The summed E-state index contributed by atoms with van der Waals surface area (Å²) in [5.74, 6) is -1.52. The zero-order valence-electron chi connectivity index (χ0n) is 25.2. The molecule has 4 N–H and O–H groups in total. The Hall–Kier alpha value is -2.98. The second-order valence-electron chi connectivity index (χ2n) is 11.9. The molecule has 44 heavy (non-hydrogen) atoms. The molecule has 2 amide bonds. The molecule has 1 aliphatic carbocycles. The van der Waals surface area contributed by atoms with Gasteiger partial charge in [0.1, 0.15) is 12.1 Å². The Labute approximate surface area is 264 Å². The van der Waals surface area contributed by atoms with E-state index in [2.05, 4.69) is 10.6 Å². The van der Waals surface area contributed by atoms with E-state index in [9.17, 15) is 24.6 Å². The van der Waals surface area contributed by atoms with E-state index in [4.69, 9.17) is 21.1 Å². The van der Waals surface area contributed by atoms with Gasteiger partial charge in [-0.2, -0.15) is 0 Å². The number of aliphatic hydroxyl groups is 1. The van der Waals surface area contributed by atoms with Crippen molar-refractivity contribution < 1.29 is 34.1 Å². The van der Waals surface area contributed by atoms with Crippen LogP contribution in [0.2, 0.25) is 5.02 Å². The fraction of sp³-hybridized carbons (Fsp3) is 0.559. The number of unbranched alkanes of at least 4 members (excludes halogenated alkanes) is 1. The zero-order valence-corrected chi connectivity index (χ0v) is 26.0. The van der Waals surface area contributed by atoms with Crippen LogP contribution in [-0.4, -0.2) is 59.9 Å². The summed E-state index contributed by atoms with van der Waals surface area (Å²) in [5, 5.41) is 25.2. The number of ether oxygens (including phenoxy) is 2. The molecule has 1 unspecified atom stereocenters. The molecular weight excluding hydrogens is 584 g/mol. The van der Waals surface area contributed by atoms with Gasteiger partial charge in [0.05, 0.1) is 13.2 Å². The molecule has 2 aliphatic rings. The minimum absolute atomic E-state index is 0.0128. The summed E-state index contributed by atoms with van der Waals surface area (Å²) in [6, 6.07) is 13.4. The van der Waals surface area contributed by atoms with Crippen LogP contribution in [0.15, 0.2) is 48.5 Å². The van der Waals surface area contributed by atoms with Gasteiger partial charge in [0, 0.05) is 29.5 Å². The number of amides is 2. The molecule has 1 saturated carbocycles. The molecule has 1 heterocycles. The molecule has 4 rings (SSSR count). The van der Waals surface area contributed by atoms with Gasteiger partial charge in [0.15, 0.2) is 6.29 Å². The molecular formula is C34H45ClN2O7. The predicted octanol–water partition coefficient (Wildman–Crippen LogP) is 4.97. The van der Waals surface area contributed by atoms with Gasteiger partial charge in [-0.1, -0.05) is 99.0 Å². The van der Waals surface area contributed by atoms with Crippen molar-refractivity contribution in [1.82, 2.24) is 10.6 Å². The van der Waals surface area contributed by atoms with Crippen molar-refractivity contribution in [2.24, 2.45) is 11.8 Å². The van der Waals surface area contributed by atoms with Gasteiger partial charge < -0.3 is 30.3 Å². The number of carboxylic acid groups (broad SMARTS) is 1. The standard InChI is InChI=1S/C34H45ClN2O7/c35-28-16-7-6-15-27(28)34-43-22-26(20-25-14-5-4-13-24(25)17-18-30(39)40)31(44-34)33(42)37-29(21-38)32(41)36-19-9-8-12-23-10-2-1-3-11-23/h4-7,13-16,23,26,29,31,34,38H,1-3,8-12,17-22H2,(H,36,41)(H,37,42)(H,39,40)/t26-,29?,31+,34+/m0/s1. The molecule has 1 aliphatic heterocycles. The summed E-state index contributed by atoms with van der Waals surface area (Å²) in [5.41, 5.74) is 2.35. The van der Waals surface area contributed by atoms with Gasteiger partial charge in [-0.25, -0.2) is 0 Å². The van der Waals surface area contributed by atoms with Crippen LogP contribution in [0.5, 0.6) is 0 Å². The fourth-order valence-electron chi connectivity index (χ4n) is 6.19. The number of carbonyl (C=O) groups excluding carboxylic acids is 2. The Kier molecular flexibility index (Phi) is 13.5. The Balaban J connectivity index is 1.40. The van der Waals surface area contributed by atoms with Crippen molar-refractivity contribution in [2.45, 2.75) is 89.1 Å². The summed E-state index contributed by atoms with van der Waals surface area (Å²) in [6.45, 7) is 0.0910. The van der Waals surface area contributed by atoms with E-state index < -0.39 is 48.7 Å². The summed E-state index contributed by atoms with van der Waals surface area (Å²) >= 11 is 6.40. The van der Waals surface area contributed by atoms with Gasteiger partial charge in [0.2, 0.25) is 11.8 Å². The Morgan fingerprint density at radius 1 is 0.977 bits per heavy atom. The van der Waals surface area contributed by atoms with Crippen molar-refractivity contribution in [3.05, 3.63) is 70.2 Å². The summed E-state index contributed by atoms with van der Waals surface area (Å²) < 4.78 is 12.2. The third-order valence-corrected chi connectivity index (χ3v) is 9.01. The molecule has 10 heteroatoms.